The molecule has 0 amide bonds. The van der Waals surface area contributed by atoms with Crippen molar-refractivity contribution in [3.05, 3.63) is 78.4 Å². The van der Waals surface area contributed by atoms with Gasteiger partial charge in [0.1, 0.15) is 30.0 Å². The third kappa shape index (κ3) is 13.8. The molecule has 1 heterocycles. The normalized spacial score (nSPS) is 13.3. The maximum Gasteiger partial charge on any atom is 0.527 e. The Balaban J connectivity index is 1.38. The minimum Gasteiger partial charge on any atom is -0.493 e. The Morgan fingerprint density at radius 3 is 2.18 bits per heavy atom. The average Bonchev–Trinajstić information content (AvgIpc) is 3.01. The van der Waals surface area contributed by atoms with Gasteiger partial charge in [-0.3, -0.25) is 14.4 Å². The van der Waals surface area contributed by atoms with E-state index < -0.39 is 13.9 Å². The standard InChI is InChI=1S/C34H49N2O7P/c1-4-5-6-7-8-9-10-11-12-13-24-40-33-18-15-19-34(29(33)2)41-27-32(39-3)28-42-44(37,38)43-31-17-14-16-30(25-31)26-36-22-20-35-21-23-36/h14-23,25,32H,4-13,24,26-28H2,1-3H3/p+1. The van der Waals surface area contributed by atoms with E-state index in [1.165, 1.54) is 64.9 Å². The highest BCUT2D eigenvalue weighted by Gasteiger charge is 2.26. The molecule has 0 saturated heterocycles. The lowest BCUT2D eigenvalue weighted by molar-refractivity contribution is -0.688. The van der Waals surface area contributed by atoms with Gasteiger partial charge >= 0.3 is 7.82 Å². The molecule has 0 aliphatic heterocycles. The van der Waals surface area contributed by atoms with Crippen LogP contribution in [-0.4, -0.2) is 42.9 Å². The van der Waals surface area contributed by atoms with Gasteiger partial charge in [-0.25, -0.2) is 4.57 Å². The molecule has 0 radical (unpaired) electrons. The minimum atomic E-state index is -4.40. The Bertz CT molecular complexity index is 1260. The molecule has 0 saturated carbocycles. The number of hydrogen-bond acceptors (Lipinski definition) is 7. The van der Waals surface area contributed by atoms with Gasteiger partial charge in [0.25, 0.3) is 0 Å². The van der Waals surface area contributed by atoms with E-state index in [0.29, 0.717) is 18.9 Å². The van der Waals surface area contributed by atoms with E-state index in [9.17, 15) is 9.46 Å². The number of phosphoric ester groups is 1. The Morgan fingerprint density at radius 2 is 1.50 bits per heavy atom. The molecule has 9 nitrogen and oxygen atoms in total. The average molecular weight is 630 g/mol. The van der Waals surface area contributed by atoms with Crippen LogP contribution in [-0.2, 0) is 20.4 Å². The predicted molar refractivity (Wildman–Crippen MR) is 171 cm³/mol. The number of phosphoric acid groups is 1. The summed E-state index contributed by atoms with van der Waals surface area (Å²) < 4.78 is 42.7. The van der Waals surface area contributed by atoms with Gasteiger partial charge in [0.15, 0.2) is 18.9 Å². The van der Waals surface area contributed by atoms with Gasteiger partial charge in [-0.1, -0.05) is 82.9 Å². The summed E-state index contributed by atoms with van der Waals surface area (Å²) in [5.74, 6) is 1.69. The predicted octanol–water partition coefficient (Wildman–Crippen LogP) is 7.62. The number of benzene rings is 2. The van der Waals surface area contributed by atoms with Crippen molar-refractivity contribution in [1.82, 2.24) is 4.98 Å². The molecule has 0 bridgehead atoms. The second-order valence-electron chi connectivity index (χ2n) is 11.0. The smallest absolute Gasteiger partial charge is 0.493 e. The number of unbranched alkanes of at least 4 members (excludes halogenated alkanes) is 9. The van der Waals surface area contributed by atoms with Crippen LogP contribution in [0, 0.1) is 6.92 Å². The number of aromatic nitrogens is 2. The molecule has 10 heteroatoms. The molecule has 0 fully saturated rings. The summed E-state index contributed by atoms with van der Waals surface area (Å²) >= 11 is 0. The molecular formula is C34H50N2O7P+. The Kier molecular flexibility index (Phi) is 16.3. The van der Waals surface area contributed by atoms with Crippen molar-refractivity contribution in [2.24, 2.45) is 0 Å². The van der Waals surface area contributed by atoms with Gasteiger partial charge in [0, 0.05) is 18.2 Å². The summed E-state index contributed by atoms with van der Waals surface area (Å²) in [5, 5.41) is 0. The molecule has 1 aromatic heterocycles. The monoisotopic (exact) mass is 629 g/mol. The van der Waals surface area contributed by atoms with Crippen molar-refractivity contribution < 1.29 is 37.3 Å². The van der Waals surface area contributed by atoms with Crippen LogP contribution in [0.25, 0.3) is 0 Å². The van der Waals surface area contributed by atoms with Crippen LogP contribution in [0.2, 0.25) is 0 Å². The number of rotatable bonds is 23. The summed E-state index contributed by atoms with van der Waals surface area (Å²) in [6.45, 7) is 5.38. The van der Waals surface area contributed by atoms with Crippen molar-refractivity contribution in [2.45, 2.75) is 90.7 Å². The van der Waals surface area contributed by atoms with Crippen LogP contribution in [0.5, 0.6) is 17.2 Å². The lowest BCUT2D eigenvalue weighted by atomic mass is 10.1. The summed E-state index contributed by atoms with van der Waals surface area (Å²) in [4.78, 5) is 14.4. The van der Waals surface area contributed by atoms with Crippen LogP contribution in [0.3, 0.4) is 0 Å². The summed E-state index contributed by atoms with van der Waals surface area (Å²) in [6, 6.07) is 12.7. The summed E-state index contributed by atoms with van der Waals surface area (Å²) in [6.07, 6.45) is 19.3. The zero-order valence-electron chi connectivity index (χ0n) is 26.6. The quantitative estimate of drug-likeness (QED) is 0.0650. The zero-order valence-corrected chi connectivity index (χ0v) is 27.5. The van der Waals surface area contributed by atoms with Gasteiger partial charge in [0.05, 0.1) is 25.6 Å². The number of nitrogens with zero attached hydrogens (tertiary/aromatic N) is 2. The third-order valence-electron chi connectivity index (χ3n) is 7.34. The Morgan fingerprint density at radius 1 is 0.864 bits per heavy atom. The summed E-state index contributed by atoms with van der Waals surface area (Å²) in [7, 11) is -2.90. The molecule has 0 aliphatic rings. The van der Waals surface area contributed by atoms with Gasteiger partial charge in [-0.15, -0.1) is 0 Å². The lowest BCUT2D eigenvalue weighted by Crippen LogP contribution is -2.33. The fourth-order valence-electron chi connectivity index (χ4n) is 4.75. The molecule has 2 atom stereocenters. The van der Waals surface area contributed by atoms with Crippen molar-refractivity contribution >= 4 is 7.82 Å². The molecule has 242 valence electrons. The Labute approximate surface area is 263 Å². The van der Waals surface area contributed by atoms with E-state index >= 15 is 0 Å². The van der Waals surface area contributed by atoms with Crippen molar-refractivity contribution in [2.75, 3.05) is 26.9 Å². The third-order valence-corrected chi connectivity index (χ3v) is 8.26. The van der Waals surface area contributed by atoms with Crippen molar-refractivity contribution in [3.8, 4) is 17.2 Å². The van der Waals surface area contributed by atoms with Gasteiger partial charge in [-0.2, -0.15) is 4.57 Å². The molecule has 1 N–H and O–H groups in total. The highest BCUT2D eigenvalue weighted by molar-refractivity contribution is 7.47. The second kappa shape index (κ2) is 20.1. The molecule has 0 aliphatic carbocycles. The number of methoxy groups -OCH3 is 1. The molecule has 3 rings (SSSR count). The zero-order chi connectivity index (χ0) is 31.5. The highest BCUT2D eigenvalue weighted by Crippen LogP contribution is 2.44. The number of hydrogen-bond donors (Lipinski definition) is 1. The number of ether oxygens (including phenoxy) is 3. The van der Waals surface area contributed by atoms with Crippen LogP contribution in [0.15, 0.2) is 67.3 Å². The van der Waals surface area contributed by atoms with Gasteiger partial charge in [-0.05, 0) is 37.6 Å². The van der Waals surface area contributed by atoms with Crippen molar-refractivity contribution in [1.29, 1.82) is 0 Å². The molecule has 44 heavy (non-hydrogen) atoms. The first-order valence-electron chi connectivity index (χ1n) is 15.8. The first kappa shape index (κ1) is 35.5. The van der Waals surface area contributed by atoms with Gasteiger partial charge in [0.2, 0.25) is 0 Å². The fourth-order valence-corrected chi connectivity index (χ4v) is 5.53. The second-order valence-corrected chi connectivity index (χ2v) is 12.4. The van der Waals surface area contributed by atoms with Crippen LogP contribution >= 0.6 is 7.82 Å². The topological polar surface area (TPSA) is 100 Å². The highest BCUT2D eigenvalue weighted by atomic mass is 31.2. The van der Waals surface area contributed by atoms with E-state index in [2.05, 4.69) is 11.9 Å². The first-order chi connectivity index (χ1) is 21.4. The van der Waals surface area contributed by atoms with Gasteiger partial charge < -0.3 is 18.7 Å². The molecule has 0 spiro atoms. The van der Waals surface area contributed by atoms with E-state index in [1.54, 1.807) is 30.6 Å². The lowest BCUT2D eigenvalue weighted by Gasteiger charge is -2.20. The molecular weight excluding hydrogens is 579 g/mol. The fraction of sp³-hybridized carbons (Fsp3) is 0.529. The molecule has 3 aromatic rings. The van der Waals surface area contributed by atoms with E-state index in [1.807, 2.05) is 48.1 Å². The van der Waals surface area contributed by atoms with E-state index in [0.717, 1.165) is 23.3 Å². The maximum atomic E-state index is 12.7. The summed E-state index contributed by atoms with van der Waals surface area (Å²) in [5.41, 5.74) is 1.79. The maximum absolute atomic E-state index is 12.7. The molecule has 2 aromatic carbocycles. The SMILES string of the molecule is CCCCCCCCCCCCOc1cccc(OCC(COP(=O)(O)Oc2cccc(C[n+]3ccncc3)c2)OC)c1C. The van der Waals surface area contributed by atoms with E-state index in [-0.39, 0.29) is 19.0 Å². The Hall–Kier alpha value is -2.97. The van der Waals surface area contributed by atoms with E-state index in [4.69, 9.17) is 23.3 Å². The first-order valence-corrected chi connectivity index (χ1v) is 17.3. The van der Waals surface area contributed by atoms with Crippen LogP contribution < -0.4 is 18.6 Å². The van der Waals surface area contributed by atoms with Crippen LogP contribution in [0.1, 0.15) is 82.3 Å². The van der Waals surface area contributed by atoms with Crippen molar-refractivity contribution in [3.63, 3.8) is 0 Å². The minimum absolute atomic E-state index is 0.123. The molecule has 2 unspecified atom stereocenters. The largest absolute Gasteiger partial charge is 0.527 e. The van der Waals surface area contributed by atoms with Crippen LogP contribution in [0.4, 0.5) is 0 Å².